The van der Waals surface area contributed by atoms with Crippen molar-refractivity contribution in [1.82, 2.24) is 20.3 Å². The Morgan fingerprint density at radius 2 is 1.76 bits per heavy atom. The van der Waals surface area contributed by atoms with Crippen LogP contribution in [0.3, 0.4) is 0 Å². The third kappa shape index (κ3) is 7.59. The lowest BCUT2D eigenvalue weighted by molar-refractivity contribution is -0.138. The summed E-state index contributed by atoms with van der Waals surface area (Å²) in [5.41, 5.74) is -3.04. The number of anilines is 2. The molecule has 2 aromatic carbocycles. The highest BCUT2D eigenvalue weighted by Crippen LogP contribution is 2.37. The van der Waals surface area contributed by atoms with Crippen molar-refractivity contribution in [3.8, 4) is 22.9 Å². The first kappa shape index (κ1) is 31.9. The number of benzene rings is 2. The molecule has 3 N–H and O–H groups in total. The molecule has 0 amide bonds. The summed E-state index contributed by atoms with van der Waals surface area (Å²) in [5, 5.41) is 5.95. The van der Waals surface area contributed by atoms with Crippen LogP contribution in [0.4, 0.5) is 42.4 Å². The Kier molecular flexibility index (Phi) is 9.11. The van der Waals surface area contributed by atoms with E-state index in [4.69, 9.17) is 4.74 Å². The lowest BCUT2D eigenvalue weighted by Crippen LogP contribution is -2.44. The SMILES string of the molecule is O=S(=O)(Cc1ccccc1C(F)(F)F)Nc1c(F)cc(Oc2ncccc2-c2ccnc(N[C@@H]3CNC[C@@H](F)C3)n2)c(F)c1F. The Morgan fingerprint density at radius 3 is 2.51 bits per heavy atom. The predicted molar refractivity (Wildman–Crippen MR) is 149 cm³/mol. The highest BCUT2D eigenvalue weighted by Gasteiger charge is 2.34. The van der Waals surface area contributed by atoms with Crippen molar-refractivity contribution in [2.75, 3.05) is 23.1 Å². The van der Waals surface area contributed by atoms with Gasteiger partial charge in [0.05, 0.1) is 22.6 Å². The number of nitrogens with one attached hydrogen (secondary N) is 3. The molecule has 1 aliphatic rings. The predicted octanol–water partition coefficient (Wildman–Crippen LogP) is 5.82. The van der Waals surface area contributed by atoms with E-state index in [1.807, 2.05) is 0 Å². The molecule has 0 aliphatic carbocycles. The first-order valence-corrected chi connectivity index (χ1v) is 14.9. The van der Waals surface area contributed by atoms with Crippen molar-refractivity contribution < 1.29 is 43.9 Å². The van der Waals surface area contributed by atoms with E-state index >= 15 is 8.78 Å². The number of rotatable bonds is 9. The number of hydrogen-bond donors (Lipinski definition) is 3. The molecule has 0 spiro atoms. The number of hydrogen-bond acceptors (Lipinski definition) is 8. The number of sulfonamides is 1. The molecule has 9 nitrogen and oxygen atoms in total. The molecule has 0 bridgehead atoms. The molecule has 0 unspecified atom stereocenters. The topological polar surface area (TPSA) is 118 Å². The summed E-state index contributed by atoms with van der Waals surface area (Å²) >= 11 is 0. The van der Waals surface area contributed by atoms with Gasteiger partial charge in [-0.3, -0.25) is 4.72 Å². The van der Waals surface area contributed by atoms with E-state index in [0.29, 0.717) is 18.7 Å². The summed E-state index contributed by atoms with van der Waals surface area (Å²) in [4.78, 5) is 12.4. The van der Waals surface area contributed by atoms with Gasteiger partial charge in [0, 0.05) is 44.0 Å². The normalized spacial score (nSPS) is 17.1. The molecule has 1 fully saturated rings. The van der Waals surface area contributed by atoms with Crippen LogP contribution in [0.25, 0.3) is 11.3 Å². The summed E-state index contributed by atoms with van der Waals surface area (Å²) < 4.78 is 131. The summed E-state index contributed by atoms with van der Waals surface area (Å²) in [6.45, 7) is 0.704. The first-order chi connectivity index (χ1) is 21.3. The van der Waals surface area contributed by atoms with Crippen LogP contribution in [0, 0.1) is 17.5 Å². The van der Waals surface area contributed by atoms with Gasteiger partial charge in [0.15, 0.2) is 17.4 Å². The van der Waals surface area contributed by atoms with Gasteiger partial charge in [0.25, 0.3) is 0 Å². The lowest BCUT2D eigenvalue weighted by Gasteiger charge is -2.26. The van der Waals surface area contributed by atoms with Crippen molar-refractivity contribution in [3.05, 3.63) is 89.5 Å². The number of alkyl halides is 4. The average molecular weight is 657 g/mol. The van der Waals surface area contributed by atoms with Crippen LogP contribution in [0.5, 0.6) is 11.6 Å². The summed E-state index contributed by atoms with van der Waals surface area (Å²) in [6.07, 6.45) is -3.08. The van der Waals surface area contributed by atoms with Crippen LogP contribution in [-0.2, 0) is 22.0 Å². The molecule has 45 heavy (non-hydrogen) atoms. The fourth-order valence-corrected chi connectivity index (χ4v) is 5.82. The number of halogens is 7. The second-order valence-electron chi connectivity index (χ2n) is 9.93. The van der Waals surface area contributed by atoms with Gasteiger partial charge in [-0.15, -0.1) is 0 Å². The molecule has 5 rings (SSSR count). The highest BCUT2D eigenvalue weighted by molar-refractivity contribution is 7.91. The van der Waals surface area contributed by atoms with Crippen LogP contribution >= 0.6 is 0 Å². The summed E-state index contributed by atoms with van der Waals surface area (Å²) in [5.74, 6) is -7.94. The monoisotopic (exact) mass is 656 g/mol. The van der Waals surface area contributed by atoms with Crippen molar-refractivity contribution in [3.63, 3.8) is 0 Å². The molecule has 4 aromatic rings. The average Bonchev–Trinajstić information content (AvgIpc) is 2.98. The maximum Gasteiger partial charge on any atom is 0.416 e. The van der Waals surface area contributed by atoms with E-state index in [1.54, 1.807) is 0 Å². The van der Waals surface area contributed by atoms with E-state index in [1.165, 1.54) is 35.3 Å². The molecular weight excluding hydrogens is 633 g/mol. The molecule has 0 saturated carbocycles. The van der Waals surface area contributed by atoms with E-state index in [9.17, 15) is 30.4 Å². The fourth-order valence-electron chi connectivity index (χ4n) is 4.59. The zero-order valence-corrected chi connectivity index (χ0v) is 23.7. The summed E-state index contributed by atoms with van der Waals surface area (Å²) in [7, 11) is -4.86. The van der Waals surface area contributed by atoms with Gasteiger partial charge in [-0.1, -0.05) is 18.2 Å². The van der Waals surface area contributed by atoms with Gasteiger partial charge in [-0.2, -0.15) is 17.6 Å². The van der Waals surface area contributed by atoms with Gasteiger partial charge in [0.2, 0.25) is 27.7 Å². The zero-order chi connectivity index (χ0) is 32.4. The molecule has 2 atom stereocenters. The Morgan fingerprint density at radius 1 is 0.978 bits per heavy atom. The van der Waals surface area contributed by atoms with Gasteiger partial charge < -0.3 is 15.4 Å². The van der Waals surface area contributed by atoms with Gasteiger partial charge in [0.1, 0.15) is 11.9 Å². The molecule has 0 radical (unpaired) electrons. The molecule has 3 heterocycles. The van der Waals surface area contributed by atoms with Crippen molar-refractivity contribution in [2.45, 2.75) is 30.6 Å². The zero-order valence-electron chi connectivity index (χ0n) is 22.9. The Bertz CT molecular complexity index is 1810. The van der Waals surface area contributed by atoms with E-state index in [0.717, 1.165) is 18.2 Å². The third-order valence-corrected chi connectivity index (χ3v) is 7.80. The highest BCUT2D eigenvalue weighted by atomic mass is 32.2. The Labute approximate surface area is 251 Å². The van der Waals surface area contributed by atoms with Crippen LogP contribution in [0.15, 0.2) is 60.9 Å². The van der Waals surface area contributed by atoms with Crippen molar-refractivity contribution in [2.24, 2.45) is 0 Å². The van der Waals surface area contributed by atoms with E-state index in [-0.39, 0.29) is 42.1 Å². The van der Waals surface area contributed by atoms with Crippen molar-refractivity contribution >= 4 is 21.7 Å². The fraction of sp³-hybridized carbons (Fsp3) is 0.250. The van der Waals surface area contributed by atoms with Crippen LogP contribution in [0.1, 0.15) is 17.5 Å². The molecule has 1 aliphatic heterocycles. The second kappa shape index (κ2) is 12.8. The third-order valence-electron chi connectivity index (χ3n) is 6.59. The first-order valence-electron chi connectivity index (χ1n) is 13.2. The van der Waals surface area contributed by atoms with E-state index < -0.39 is 68.1 Å². The largest absolute Gasteiger partial charge is 0.435 e. The molecule has 238 valence electrons. The van der Waals surface area contributed by atoms with Crippen molar-refractivity contribution in [1.29, 1.82) is 0 Å². The number of ether oxygens (including phenoxy) is 1. The van der Waals surface area contributed by atoms with E-state index in [2.05, 4.69) is 25.6 Å². The number of piperidine rings is 1. The van der Waals surface area contributed by atoms with Crippen LogP contribution < -0.4 is 20.1 Å². The number of aromatic nitrogens is 3. The van der Waals surface area contributed by atoms with Crippen LogP contribution in [0.2, 0.25) is 0 Å². The molecule has 1 saturated heterocycles. The molecular formula is C28H23F7N6O3S. The number of nitrogens with zero attached hydrogens (tertiary/aromatic N) is 3. The minimum absolute atomic E-state index is 0.140. The van der Waals surface area contributed by atoms with Gasteiger partial charge in [-0.25, -0.2) is 36.5 Å². The second-order valence-corrected chi connectivity index (χ2v) is 11.7. The number of pyridine rings is 1. The van der Waals surface area contributed by atoms with Gasteiger partial charge in [-0.05, 0) is 29.8 Å². The Hall–Kier alpha value is -4.51. The minimum Gasteiger partial charge on any atom is -0.435 e. The molecule has 17 heteroatoms. The Balaban J connectivity index is 1.38. The maximum atomic E-state index is 15.1. The van der Waals surface area contributed by atoms with Gasteiger partial charge >= 0.3 is 6.18 Å². The molecule has 2 aromatic heterocycles. The minimum atomic E-state index is -4.90. The smallest absolute Gasteiger partial charge is 0.416 e. The lowest BCUT2D eigenvalue weighted by atomic mass is 10.1. The van der Waals surface area contributed by atoms with Crippen LogP contribution in [-0.4, -0.2) is 48.7 Å². The maximum absolute atomic E-state index is 15.1. The quantitative estimate of drug-likeness (QED) is 0.152. The summed E-state index contributed by atoms with van der Waals surface area (Å²) in [6, 6.07) is 8.22. The standard InChI is InChI=1S/C28H23F7N6O3S/c29-16-10-17(13-36-12-16)39-27-38-9-7-21(40-27)18-5-3-8-37-26(18)44-22-11-20(30)25(24(32)23(22)31)41-45(42,43)14-15-4-1-2-6-19(15)28(33,34)35/h1-9,11,16-17,36,41H,10,12-14H2,(H,38,39,40)/t16-,17-/m0/s1.